The van der Waals surface area contributed by atoms with Gasteiger partial charge in [0.25, 0.3) is 5.91 Å². The van der Waals surface area contributed by atoms with Crippen molar-refractivity contribution in [2.24, 2.45) is 0 Å². The predicted molar refractivity (Wildman–Crippen MR) is 94.5 cm³/mol. The molecule has 0 saturated carbocycles. The van der Waals surface area contributed by atoms with Crippen LogP contribution in [0.25, 0.3) is 0 Å². The summed E-state index contributed by atoms with van der Waals surface area (Å²) < 4.78 is 18.3. The summed E-state index contributed by atoms with van der Waals surface area (Å²) in [6, 6.07) is 3.23. The Balaban J connectivity index is 1.59. The number of piperidine rings is 1. The van der Waals surface area contributed by atoms with Crippen molar-refractivity contribution in [2.75, 3.05) is 13.1 Å². The number of amides is 1. The van der Waals surface area contributed by atoms with Crippen LogP contribution in [-0.4, -0.2) is 46.3 Å². The number of nitrogens with zero attached hydrogens (tertiary/aromatic N) is 2. The number of nitrogens with one attached hydrogen (secondary N) is 1. The largest absolute Gasteiger partial charge is 0.390 e. The van der Waals surface area contributed by atoms with Crippen molar-refractivity contribution in [2.45, 2.75) is 39.0 Å². The van der Waals surface area contributed by atoms with Gasteiger partial charge in [0, 0.05) is 25.2 Å². The molecule has 26 heavy (non-hydrogen) atoms. The molecule has 6 nitrogen and oxygen atoms in total. The van der Waals surface area contributed by atoms with E-state index in [1.807, 2.05) is 13.8 Å². The van der Waals surface area contributed by atoms with E-state index in [2.05, 4.69) is 15.4 Å². The number of benzene rings is 1. The van der Waals surface area contributed by atoms with Crippen LogP contribution in [0.4, 0.5) is 4.39 Å². The molecule has 1 fully saturated rings. The predicted octanol–water partition coefficient (Wildman–Crippen LogP) is 2.45. The van der Waals surface area contributed by atoms with Gasteiger partial charge < -0.3 is 14.9 Å². The number of rotatable bonds is 4. The number of carbonyl (C=O) groups is 1. The minimum Gasteiger partial charge on any atom is -0.390 e. The molecule has 2 aromatic rings. The molecule has 3 rings (SSSR count). The van der Waals surface area contributed by atoms with Crippen molar-refractivity contribution in [1.82, 2.24) is 15.4 Å². The van der Waals surface area contributed by atoms with E-state index < -0.39 is 17.8 Å². The normalized spacial score (nSPS) is 21.0. The molecular weight excluding hydrogens is 361 g/mol. The minimum absolute atomic E-state index is 0.0489. The number of β-amino-alcohol motifs (C(OH)–C–C–N with tert-alkyl or cyclic N) is 1. The molecule has 0 spiro atoms. The van der Waals surface area contributed by atoms with Crippen LogP contribution < -0.4 is 5.32 Å². The third-order valence-corrected chi connectivity index (χ3v) is 5.03. The lowest BCUT2D eigenvalue weighted by Gasteiger charge is -2.36. The summed E-state index contributed by atoms with van der Waals surface area (Å²) in [6.45, 7) is 5.53. The van der Waals surface area contributed by atoms with Crippen LogP contribution >= 0.6 is 11.6 Å². The average Bonchev–Trinajstić information content (AvgIpc) is 2.89. The number of likely N-dealkylation sites (tertiary alicyclic amines) is 1. The van der Waals surface area contributed by atoms with E-state index in [0.717, 1.165) is 23.1 Å². The Hall–Kier alpha value is -1.96. The number of aryl methyl sites for hydroxylation is 2. The molecular formula is C18H21ClFN3O3. The quantitative estimate of drug-likeness (QED) is 0.850. The third-order valence-electron chi connectivity index (χ3n) is 4.72. The van der Waals surface area contributed by atoms with Gasteiger partial charge in [-0.15, -0.1) is 0 Å². The van der Waals surface area contributed by atoms with Crippen molar-refractivity contribution < 1.29 is 18.8 Å². The van der Waals surface area contributed by atoms with Crippen LogP contribution in [0, 0.1) is 19.7 Å². The number of hydrogen-bond donors (Lipinski definition) is 2. The maximum atomic E-state index is 13.1. The molecule has 0 aliphatic carbocycles. The maximum Gasteiger partial charge on any atom is 0.253 e. The molecule has 0 unspecified atom stereocenters. The van der Waals surface area contributed by atoms with Crippen molar-refractivity contribution in [3.05, 3.63) is 51.6 Å². The number of carbonyl (C=O) groups excluding carboxylic acids is 1. The summed E-state index contributed by atoms with van der Waals surface area (Å²) >= 11 is 5.92. The Morgan fingerprint density at radius 3 is 2.88 bits per heavy atom. The highest BCUT2D eigenvalue weighted by Gasteiger charge is 2.30. The first kappa shape index (κ1) is 18.8. The van der Waals surface area contributed by atoms with Crippen LogP contribution in [0.3, 0.4) is 0 Å². The van der Waals surface area contributed by atoms with Crippen LogP contribution in [0.15, 0.2) is 22.7 Å². The highest BCUT2D eigenvalue weighted by molar-refractivity contribution is 6.33. The van der Waals surface area contributed by atoms with Gasteiger partial charge in [0.1, 0.15) is 11.6 Å². The summed E-state index contributed by atoms with van der Waals surface area (Å²) in [6.07, 6.45) is -0.123. The second kappa shape index (κ2) is 7.73. The molecule has 140 valence electrons. The summed E-state index contributed by atoms with van der Waals surface area (Å²) in [5, 5.41) is 17.2. The highest BCUT2D eigenvalue weighted by atomic mass is 35.5. The fourth-order valence-electron chi connectivity index (χ4n) is 3.18. The number of hydrogen-bond acceptors (Lipinski definition) is 5. The van der Waals surface area contributed by atoms with E-state index in [-0.39, 0.29) is 16.6 Å². The second-order valence-corrected chi connectivity index (χ2v) is 7.01. The maximum absolute atomic E-state index is 13.1. The Kier molecular flexibility index (Phi) is 5.60. The summed E-state index contributed by atoms with van der Waals surface area (Å²) in [5.74, 6) is -0.143. The zero-order valence-corrected chi connectivity index (χ0v) is 15.4. The number of aliphatic hydroxyl groups excluding tert-OH is 1. The minimum atomic E-state index is -0.715. The Morgan fingerprint density at radius 2 is 2.27 bits per heavy atom. The number of halogens is 2. The monoisotopic (exact) mass is 381 g/mol. The summed E-state index contributed by atoms with van der Waals surface area (Å²) in [5.41, 5.74) is 2.06. The van der Waals surface area contributed by atoms with Gasteiger partial charge in [-0.25, -0.2) is 4.39 Å². The van der Waals surface area contributed by atoms with Crippen LogP contribution in [-0.2, 0) is 6.54 Å². The topological polar surface area (TPSA) is 78.6 Å². The molecule has 1 saturated heterocycles. The number of aromatic nitrogens is 1. The molecule has 0 bridgehead atoms. The van der Waals surface area contributed by atoms with Gasteiger partial charge in [-0.3, -0.25) is 9.69 Å². The summed E-state index contributed by atoms with van der Waals surface area (Å²) in [4.78, 5) is 14.5. The van der Waals surface area contributed by atoms with Gasteiger partial charge in [0.05, 0.1) is 28.4 Å². The fraction of sp³-hybridized carbons (Fsp3) is 0.444. The zero-order valence-electron chi connectivity index (χ0n) is 14.6. The zero-order chi connectivity index (χ0) is 18.8. The van der Waals surface area contributed by atoms with Gasteiger partial charge in [0.2, 0.25) is 0 Å². The first-order valence-electron chi connectivity index (χ1n) is 8.43. The van der Waals surface area contributed by atoms with Gasteiger partial charge in [0.15, 0.2) is 0 Å². The van der Waals surface area contributed by atoms with E-state index in [0.29, 0.717) is 26.1 Å². The second-order valence-electron chi connectivity index (χ2n) is 6.60. The smallest absolute Gasteiger partial charge is 0.253 e. The van der Waals surface area contributed by atoms with E-state index in [1.165, 1.54) is 12.1 Å². The van der Waals surface area contributed by atoms with Gasteiger partial charge in [-0.05, 0) is 38.5 Å². The molecule has 1 aliphatic heterocycles. The van der Waals surface area contributed by atoms with Gasteiger partial charge in [-0.1, -0.05) is 16.8 Å². The van der Waals surface area contributed by atoms with E-state index in [4.69, 9.17) is 16.1 Å². The Bertz CT molecular complexity index is 791. The van der Waals surface area contributed by atoms with E-state index in [1.54, 1.807) is 0 Å². The van der Waals surface area contributed by atoms with Gasteiger partial charge >= 0.3 is 0 Å². The highest BCUT2D eigenvalue weighted by Crippen LogP contribution is 2.21. The standard InChI is InChI=1S/C18H21ClFN3O3/c1-10-14(11(2)26-22-10)8-23-6-5-16(17(24)9-23)21-18(25)13-4-3-12(20)7-15(13)19/h3-4,7,16-17,24H,5-6,8-9H2,1-2H3,(H,21,25)/t16-,17-/m1/s1. The van der Waals surface area contributed by atoms with E-state index in [9.17, 15) is 14.3 Å². The lowest BCUT2D eigenvalue weighted by molar-refractivity contribution is 0.0347. The molecule has 0 radical (unpaired) electrons. The van der Waals surface area contributed by atoms with Crippen molar-refractivity contribution in [3.63, 3.8) is 0 Å². The van der Waals surface area contributed by atoms with Crippen LogP contribution in [0.5, 0.6) is 0 Å². The Labute approximate surface area is 155 Å². The molecule has 1 amide bonds. The third kappa shape index (κ3) is 4.06. The molecule has 1 aliphatic rings. The molecule has 2 heterocycles. The lowest BCUT2D eigenvalue weighted by atomic mass is 10.0. The first-order valence-corrected chi connectivity index (χ1v) is 8.81. The average molecular weight is 382 g/mol. The van der Waals surface area contributed by atoms with Crippen molar-refractivity contribution in [1.29, 1.82) is 0 Å². The number of aliphatic hydroxyl groups is 1. The molecule has 2 atom stereocenters. The van der Waals surface area contributed by atoms with E-state index >= 15 is 0 Å². The lowest BCUT2D eigenvalue weighted by Crippen LogP contribution is -2.53. The molecule has 1 aromatic heterocycles. The fourth-order valence-corrected chi connectivity index (χ4v) is 3.43. The summed E-state index contributed by atoms with van der Waals surface area (Å²) in [7, 11) is 0. The molecule has 8 heteroatoms. The van der Waals surface area contributed by atoms with Gasteiger partial charge in [-0.2, -0.15) is 0 Å². The van der Waals surface area contributed by atoms with Crippen molar-refractivity contribution >= 4 is 17.5 Å². The van der Waals surface area contributed by atoms with Crippen molar-refractivity contribution in [3.8, 4) is 0 Å². The first-order chi connectivity index (χ1) is 12.3. The van der Waals surface area contributed by atoms with Crippen LogP contribution in [0.2, 0.25) is 5.02 Å². The SMILES string of the molecule is Cc1noc(C)c1CN1CC[C@@H](NC(=O)c2ccc(F)cc2Cl)[C@H](O)C1. The molecule has 1 aromatic carbocycles. The molecule has 2 N–H and O–H groups in total. The Morgan fingerprint density at radius 1 is 1.50 bits per heavy atom. The van der Waals surface area contributed by atoms with Crippen LogP contribution in [0.1, 0.15) is 33.8 Å².